The molecule has 1 N–H and O–H groups in total. The van der Waals surface area contributed by atoms with Gasteiger partial charge in [-0.1, -0.05) is 13.3 Å². The summed E-state index contributed by atoms with van der Waals surface area (Å²) in [5.41, 5.74) is 0.750. The van der Waals surface area contributed by atoms with E-state index >= 15 is 0 Å². The number of nitrogens with one attached hydrogen (secondary N) is 1. The topological polar surface area (TPSA) is 89.0 Å². The number of fused-ring (bicyclic) bond motifs is 2. The van der Waals surface area contributed by atoms with Crippen LogP contribution in [0.25, 0.3) is 0 Å². The predicted molar refractivity (Wildman–Crippen MR) is 89.0 cm³/mol. The molecule has 0 saturated carbocycles. The molecule has 0 atom stereocenters. The summed E-state index contributed by atoms with van der Waals surface area (Å²) in [6.07, 6.45) is 1.57. The van der Waals surface area contributed by atoms with Gasteiger partial charge in [-0.3, -0.25) is 19.2 Å². The molecular formula is C18H18N2O4. The Hall–Kier alpha value is -2.76. The van der Waals surface area contributed by atoms with Gasteiger partial charge in [0.1, 0.15) is 11.4 Å². The molecule has 0 amide bonds. The third kappa shape index (κ3) is 2.26. The maximum absolute atomic E-state index is 13.0. The fourth-order valence-corrected chi connectivity index (χ4v) is 3.22. The lowest BCUT2D eigenvalue weighted by atomic mass is 9.85. The summed E-state index contributed by atoms with van der Waals surface area (Å²) >= 11 is 0. The van der Waals surface area contributed by atoms with Gasteiger partial charge in [-0.25, -0.2) is 0 Å². The molecule has 0 aliphatic heterocycles. The molecule has 1 aliphatic rings. The Balaban J connectivity index is 2.37. The fourth-order valence-electron chi connectivity index (χ4n) is 3.22. The Morgan fingerprint density at radius 1 is 0.958 bits per heavy atom. The normalized spacial score (nSPS) is 13.0. The van der Waals surface area contributed by atoms with Gasteiger partial charge >= 0.3 is 0 Å². The summed E-state index contributed by atoms with van der Waals surface area (Å²) in [5, 5.41) is 0. The van der Waals surface area contributed by atoms with E-state index in [0.717, 1.165) is 6.42 Å². The first-order valence-electron chi connectivity index (χ1n) is 7.94. The summed E-state index contributed by atoms with van der Waals surface area (Å²) in [4.78, 5) is 52.5. The summed E-state index contributed by atoms with van der Waals surface area (Å²) in [5.74, 6) is -0.798. The third-order valence-corrected chi connectivity index (χ3v) is 4.38. The molecule has 3 rings (SSSR count). The minimum atomic E-state index is -0.475. The number of aryl methyl sites for hydroxylation is 2. The fraction of sp³-hybridized carbons (Fsp3) is 0.333. The van der Waals surface area contributed by atoms with E-state index in [1.807, 2.05) is 6.92 Å². The molecule has 2 aromatic heterocycles. The van der Waals surface area contributed by atoms with Crippen molar-refractivity contribution in [3.8, 4) is 0 Å². The number of pyridine rings is 2. The van der Waals surface area contributed by atoms with Crippen molar-refractivity contribution < 1.29 is 9.59 Å². The van der Waals surface area contributed by atoms with Crippen LogP contribution in [0, 0.1) is 13.8 Å². The second-order valence-corrected chi connectivity index (χ2v) is 6.12. The van der Waals surface area contributed by atoms with Gasteiger partial charge in [0.2, 0.25) is 11.3 Å². The Morgan fingerprint density at radius 2 is 1.62 bits per heavy atom. The highest BCUT2D eigenvalue weighted by molar-refractivity contribution is 6.27. The maximum Gasteiger partial charge on any atom is 0.251 e. The molecule has 0 unspecified atom stereocenters. The summed E-state index contributed by atoms with van der Waals surface area (Å²) in [6, 6.07) is 2.70. The molecule has 0 saturated heterocycles. The van der Waals surface area contributed by atoms with E-state index < -0.39 is 11.3 Å². The summed E-state index contributed by atoms with van der Waals surface area (Å²) < 4.78 is 1.36. The van der Waals surface area contributed by atoms with Gasteiger partial charge < -0.3 is 9.55 Å². The molecule has 6 nitrogen and oxygen atoms in total. The first-order chi connectivity index (χ1) is 11.4. The second kappa shape index (κ2) is 5.70. The summed E-state index contributed by atoms with van der Waals surface area (Å²) in [6.45, 7) is 5.63. The smallest absolute Gasteiger partial charge is 0.251 e. The zero-order valence-corrected chi connectivity index (χ0v) is 13.9. The Morgan fingerprint density at radius 3 is 2.29 bits per heavy atom. The van der Waals surface area contributed by atoms with Gasteiger partial charge in [0.25, 0.3) is 5.56 Å². The van der Waals surface area contributed by atoms with Crippen LogP contribution in [0.3, 0.4) is 0 Å². The van der Waals surface area contributed by atoms with E-state index in [1.165, 1.54) is 16.7 Å². The number of unbranched alkanes of at least 4 members (excludes halogenated alkanes) is 1. The average molecular weight is 326 g/mol. The highest BCUT2D eigenvalue weighted by atomic mass is 16.2. The van der Waals surface area contributed by atoms with Crippen molar-refractivity contribution in [2.45, 2.75) is 40.2 Å². The van der Waals surface area contributed by atoms with Crippen LogP contribution >= 0.6 is 0 Å². The Kier molecular flexibility index (Phi) is 3.83. The van der Waals surface area contributed by atoms with Gasteiger partial charge in [0.05, 0.1) is 11.1 Å². The number of ketones is 2. The predicted octanol–water partition coefficient (Wildman–Crippen LogP) is 1.73. The SMILES string of the molecule is CCCCn1c2c(c(C)cc1=O)C(=O)c1c(C)cc(=O)[nH]c1C2=O. The van der Waals surface area contributed by atoms with Crippen LogP contribution < -0.4 is 11.1 Å². The molecule has 0 bridgehead atoms. The quantitative estimate of drug-likeness (QED) is 0.794. The molecule has 0 spiro atoms. The number of H-pyrrole nitrogens is 1. The van der Waals surface area contributed by atoms with E-state index in [0.29, 0.717) is 24.1 Å². The number of aromatic amines is 1. The molecule has 2 heterocycles. The molecule has 1 aliphatic carbocycles. The first kappa shape index (κ1) is 16.1. The third-order valence-electron chi connectivity index (χ3n) is 4.38. The highest BCUT2D eigenvalue weighted by Crippen LogP contribution is 2.28. The minimum absolute atomic E-state index is 0.0206. The standard InChI is InChI=1S/C18H18N2O4/c1-4-5-6-20-12(22)8-10(3)14-16(20)18(24)15-13(17(14)23)9(2)7-11(21)19-15/h7-8H,4-6H2,1-3H3,(H,19,21). The molecule has 124 valence electrons. The van der Waals surface area contributed by atoms with E-state index in [1.54, 1.807) is 13.8 Å². The van der Waals surface area contributed by atoms with Crippen molar-refractivity contribution in [2.75, 3.05) is 0 Å². The Labute approximate surface area is 138 Å². The van der Waals surface area contributed by atoms with Gasteiger partial charge in [-0.15, -0.1) is 0 Å². The van der Waals surface area contributed by atoms with Crippen LogP contribution in [0.4, 0.5) is 0 Å². The van der Waals surface area contributed by atoms with Crippen molar-refractivity contribution in [3.63, 3.8) is 0 Å². The molecule has 0 aromatic carbocycles. The monoisotopic (exact) mass is 326 g/mol. The maximum atomic E-state index is 13.0. The number of carbonyl (C=O) groups excluding carboxylic acids is 2. The van der Waals surface area contributed by atoms with Crippen LogP contribution in [0.15, 0.2) is 21.7 Å². The van der Waals surface area contributed by atoms with Gasteiger partial charge in [-0.2, -0.15) is 0 Å². The first-order valence-corrected chi connectivity index (χ1v) is 7.94. The van der Waals surface area contributed by atoms with Crippen LogP contribution in [0.2, 0.25) is 0 Å². The molecule has 24 heavy (non-hydrogen) atoms. The van der Waals surface area contributed by atoms with Crippen LogP contribution in [-0.2, 0) is 6.54 Å². The van der Waals surface area contributed by atoms with Crippen molar-refractivity contribution in [1.29, 1.82) is 0 Å². The number of rotatable bonds is 3. The molecule has 6 heteroatoms. The van der Waals surface area contributed by atoms with Gasteiger partial charge in [0.15, 0.2) is 5.78 Å². The van der Waals surface area contributed by atoms with Crippen LogP contribution in [0.5, 0.6) is 0 Å². The number of aromatic nitrogens is 2. The number of hydrogen-bond donors (Lipinski definition) is 1. The van der Waals surface area contributed by atoms with Crippen molar-refractivity contribution in [2.24, 2.45) is 0 Å². The average Bonchev–Trinajstić information content (AvgIpc) is 2.50. The van der Waals surface area contributed by atoms with Gasteiger partial charge in [0, 0.05) is 18.7 Å². The molecule has 0 radical (unpaired) electrons. The lowest BCUT2D eigenvalue weighted by Gasteiger charge is -2.23. The zero-order valence-electron chi connectivity index (χ0n) is 13.9. The van der Waals surface area contributed by atoms with Crippen molar-refractivity contribution in [1.82, 2.24) is 9.55 Å². The lowest BCUT2D eigenvalue weighted by molar-refractivity contribution is 0.0965. The molecule has 2 aromatic rings. The second-order valence-electron chi connectivity index (χ2n) is 6.12. The van der Waals surface area contributed by atoms with E-state index in [9.17, 15) is 19.2 Å². The molecular weight excluding hydrogens is 308 g/mol. The number of nitrogens with zero attached hydrogens (tertiary/aromatic N) is 1. The van der Waals surface area contributed by atoms with E-state index in [-0.39, 0.29) is 33.9 Å². The van der Waals surface area contributed by atoms with Crippen molar-refractivity contribution in [3.05, 3.63) is 66.5 Å². The van der Waals surface area contributed by atoms with E-state index in [2.05, 4.69) is 4.98 Å². The molecule has 0 fully saturated rings. The zero-order chi connectivity index (χ0) is 17.6. The Bertz CT molecular complexity index is 995. The number of carbonyl (C=O) groups is 2. The van der Waals surface area contributed by atoms with E-state index in [4.69, 9.17) is 0 Å². The largest absolute Gasteiger partial charge is 0.318 e. The van der Waals surface area contributed by atoms with Crippen LogP contribution in [0.1, 0.15) is 63.0 Å². The lowest BCUT2D eigenvalue weighted by Crippen LogP contribution is -2.35. The van der Waals surface area contributed by atoms with Gasteiger partial charge in [-0.05, 0) is 31.4 Å². The highest BCUT2D eigenvalue weighted by Gasteiger charge is 2.35. The minimum Gasteiger partial charge on any atom is -0.318 e. The number of hydrogen-bond acceptors (Lipinski definition) is 4. The van der Waals surface area contributed by atoms with Crippen molar-refractivity contribution >= 4 is 11.6 Å². The summed E-state index contributed by atoms with van der Waals surface area (Å²) in [7, 11) is 0. The van der Waals surface area contributed by atoms with Crippen LogP contribution in [-0.4, -0.2) is 21.1 Å².